The van der Waals surface area contributed by atoms with Gasteiger partial charge in [-0.25, -0.2) is 9.97 Å². The van der Waals surface area contributed by atoms with E-state index in [1.54, 1.807) is 6.20 Å². The highest BCUT2D eigenvalue weighted by molar-refractivity contribution is 5.62. The molecule has 0 aliphatic heterocycles. The highest BCUT2D eigenvalue weighted by atomic mass is 14.9. The monoisotopic (exact) mass is 209 g/mol. The minimum absolute atomic E-state index is 0.250. The summed E-state index contributed by atoms with van der Waals surface area (Å²) >= 11 is 0. The summed E-state index contributed by atoms with van der Waals surface area (Å²) in [6.07, 6.45) is 2.02. The number of aromatic nitrogens is 2. The van der Waals surface area contributed by atoms with Gasteiger partial charge in [0, 0.05) is 11.8 Å². The lowest BCUT2D eigenvalue weighted by Gasteiger charge is -2.05. The zero-order valence-corrected chi connectivity index (χ0v) is 9.01. The molecule has 0 spiro atoms. The van der Waals surface area contributed by atoms with E-state index in [-0.39, 0.29) is 6.42 Å². The van der Waals surface area contributed by atoms with Crippen LogP contribution in [0.4, 0.5) is 0 Å². The molecule has 0 amide bonds. The van der Waals surface area contributed by atoms with Gasteiger partial charge in [-0.15, -0.1) is 0 Å². The van der Waals surface area contributed by atoms with Crippen molar-refractivity contribution >= 4 is 0 Å². The van der Waals surface area contributed by atoms with Crippen molar-refractivity contribution < 1.29 is 0 Å². The van der Waals surface area contributed by atoms with Crippen LogP contribution >= 0.6 is 0 Å². The van der Waals surface area contributed by atoms with Gasteiger partial charge < -0.3 is 0 Å². The molecule has 0 saturated heterocycles. The minimum Gasteiger partial charge on any atom is -0.240 e. The Bertz CT molecular complexity index is 527. The Morgan fingerprint density at radius 2 is 2.00 bits per heavy atom. The summed E-state index contributed by atoms with van der Waals surface area (Å²) in [5, 5.41) is 8.62. The number of nitrogens with zero attached hydrogens (tertiary/aromatic N) is 3. The Morgan fingerprint density at radius 1 is 1.25 bits per heavy atom. The van der Waals surface area contributed by atoms with E-state index >= 15 is 0 Å². The topological polar surface area (TPSA) is 49.6 Å². The van der Waals surface area contributed by atoms with Crippen molar-refractivity contribution in [3.8, 4) is 17.3 Å². The zero-order valence-electron chi connectivity index (χ0n) is 9.01. The van der Waals surface area contributed by atoms with Gasteiger partial charge in [-0.1, -0.05) is 30.3 Å². The smallest absolute Gasteiger partial charge is 0.143 e. The van der Waals surface area contributed by atoms with Crippen LogP contribution in [0.1, 0.15) is 11.4 Å². The highest BCUT2D eigenvalue weighted by Gasteiger charge is 2.05. The Balaban J connectivity index is 2.48. The first kappa shape index (κ1) is 10.3. The van der Waals surface area contributed by atoms with Crippen LogP contribution in [0.25, 0.3) is 11.3 Å². The molecule has 0 N–H and O–H groups in total. The fraction of sp³-hybridized carbons (Fsp3) is 0.154. The SMILES string of the molecule is Cc1cnc(CC#N)nc1-c1ccccc1. The molecule has 0 aliphatic carbocycles. The van der Waals surface area contributed by atoms with Crippen LogP contribution < -0.4 is 0 Å². The molecule has 0 radical (unpaired) electrons. The summed E-state index contributed by atoms with van der Waals surface area (Å²) in [4.78, 5) is 8.52. The zero-order chi connectivity index (χ0) is 11.4. The number of hydrogen-bond donors (Lipinski definition) is 0. The van der Waals surface area contributed by atoms with Crippen molar-refractivity contribution in [2.75, 3.05) is 0 Å². The second-order valence-corrected chi connectivity index (χ2v) is 3.52. The van der Waals surface area contributed by atoms with E-state index in [2.05, 4.69) is 16.0 Å². The first-order chi connectivity index (χ1) is 7.81. The van der Waals surface area contributed by atoms with Gasteiger partial charge in [-0.05, 0) is 12.5 Å². The highest BCUT2D eigenvalue weighted by Crippen LogP contribution is 2.19. The van der Waals surface area contributed by atoms with Crippen LogP contribution in [0.2, 0.25) is 0 Å². The van der Waals surface area contributed by atoms with Crippen LogP contribution in [0.3, 0.4) is 0 Å². The molecule has 3 heteroatoms. The first-order valence-electron chi connectivity index (χ1n) is 5.06. The number of nitriles is 1. The molecule has 3 nitrogen and oxygen atoms in total. The average molecular weight is 209 g/mol. The number of benzene rings is 1. The molecule has 78 valence electrons. The normalized spacial score (nSPS) is 9.75. The molecule has 1 aromatic heterocycles. The molecule has 0 fully saturated rings. The van der Waals surface area contributed by atoms with Crippen LogP contribution in [0.5, 0.6) is 0 Å². The van der Waals surface area contributed by atoms with E-state index in [9.17, 15) is 0 Å². The molecule has 0 saturated carbocycles. The second kappa shape index (κ2) is 4.54. The maximum atomic E-state index is 8.62. The van der Waals surface area contributed by atoms with E-state index in [1.165, 1.54) is 0 Å². The molecule has 16 heavy (non-hydrogen) atoms. The third-order valence-corrected chi connectivity index (χ3v) is 2.31. The van der Waals surface area contributed by atoms with Gasteiger partial charge in [0.1, 0.15) is 5.82 Å². The van der Waals surface area contributed by atoms with Gasteiger partial charge in [-0.3, -0.25) is 0 Å². The van der Waals surface area contributed by atoms with E-state index in [0.717, 1.165) is 16.8 Å². The van der Waals surface area contributed by atoms with Crippen molar-refractivity contribution in [2.24, 2.45) is 0 Å². The molecular formula is C13H11N3. The van der Waals surface area contributed by atoms with Crippen molar-refractivity contribution in [3.05, 3.63) is 47.9 Å². The number of rotatable bonds is 2. The Morgan fingerprint density at radius 3 is 2.69 bits per heavy atom. The Labute approximate surface area is 94.4 Å². The van der Waals surface area contributed by atoms with E-state index in [0.29, 0.717) is 5.82 Å². The minimum atomic E-state index is 0.250. The number of aryl methyl sites for hydroxylation is 1. The molecule has 1 aromatic carbocycles. The van der Waals surface area contributed by atoms with Gasteiger partial charge in [0.2, 0.25) is 0 Å². The van der Waals surface area contributed by atoms with Crippen molar-refractivity contribution in [3.63, 3.8) is 0 Å². The van der Waals surface area contributed by atoms with E-state index in [1.807, 2.05) is 37.3 Å². The third kappa shape index (κ3) is 2.06. The predicted molar refractivity (Wildman–Crippen MR) is 61.5 cm³/mol. The van der Waals surface area contributed by atoms with Crippen LogP contribution in [0.15, 0.2) is 36.5 Å². The molecule has 1 heterocycles. The van der Waals surface area contributed by atoms with Crippen LogP contribution in [-0.4, -0.2) is 9.97 Å². The molecule has 0 unspecified atom stereocenters. The summed E-state index contributed by atoms with van der Waals surface area (Å²) < 4.78 is 0. The Hall–Kier alpha value is -2.21. The van der Waals surface area contributed by atoms with E-state index < -0.39 is 0 Å². The lowest BCUT2D eigenvalue weighted by atomic mass is 10.1. The lowest BCUT2D eigenvalue weighted by molar-refractivity contribution is 0.985. The lowest BCUT2D eigenvalue weighted by Crippen LogP contribution is -1.97. The average Bonchev–Trinajstić information content (AvgIpc) is 2.33. The molecule has 2 aromatic rings. The fourth-order valence-corrected chi connectivity index (χ4v) is 1.52. The van der Waals surface area contributed by atoms with Crippen molar-refractivity contribution in [1.29, 1.82) is 5.26 Å². The summed E-state index contributed by atoms with van der Waals surface area (Å²) in [7, 11) is 0. The maximum Gasteiger partial charge on any atom is 0.143 e. The summed E-state index contributed by atoms with van der Waals surface area (Å²) in [5.74, 6) is 0.576. The molecule has 0 atom stereocenters. The van der Waals surface area contributed by atoms with Gasteiger partial charge in [0.25, 0.3) is 0 Å². The molecular weight excluding hydrogens is 198 g/mol. The fourth-order valence-electron chi connectivity index (χ4n) is 1.52. The summed E-state index contributed by atoms with van der Waals surface area (Å²) in [5.41, 5.74) is 2.98. The largest absolute Gasteiger partial charge is 0.240 e. The van der Waals surface area contributed by atoms with E-state index in [4.69, 9.17) is 5.26 Å². The van der Waals surface area contributed by atoms with Gasteiger partial charge in [-0.2, -0.15) is 5.26 Å². The standard InChI is InChI=1S/C13H11N3/c1-10-9-15-12(7-8-14)16-13(10)11-5-3-2-4-6-11/h2-6,9H,7H2,1H3. The van der Waals surface area contributed by atoms with Crippen molar-refractivity contribution in [1.82, 2.24) is 9.97 Å². The Kier molecular flexibility index (Phi) is 2.93. The van der Waals surface area contributed by atoms with Crippen LogP contribution in [-0.2, 0) is 6.42 Å². The summed E-state index contributed by atoms with van der Waals surface area (Å²) in [6, 6.07) is 12.0. The molecule has 0 aliphatic rings. The third-order valence-electron chi connectivity index (χ3n) is 2.31. The van der Waals surface area contributed by atoms with Gasteiger partial charge in [0.05, 0.1) is 18.2 Å². The first-order valence-corrected chi connectivity index (χ1v) is 5.06. The maximum absolute atomic E-state index is 8.62. The second-order valence-electron chi connectivity index (χ2n) is 3.52. The molecule has 0 bridgehead atoms. The predicted octanol–water partition coefficient (Wildman–Crippen LogP) is 2.52. The molecule has 2 rings (SSSR count). The van der Waals surface area contributed by atoms with Crippen LogP contribution in [0, 0.1) is 18.3 Å². The summed E-state index contributed by atoms with van der Waals surface area (Å²) in [6.45, 7) is 1.97. The van der Waals surface area contributed by atoms with Crippen molar-refractivity contribution in [2.45, 2.75) is 13.3 Å². The van der Waals surface area contributed by atoms with Gasteiger partial charge >= 0.3 is 0 Å². The van der Waals surface area contributed by atoms with Gasteiger partial charge in [0.15, 0.2) is 0 Å². The number of hydrogen-bond acceptors (Lipinski definition) is 3. The quantitative estimate of drug-likeness (QED) is 0.763.